The Kier molecular flexibility index (Phi) is 43.6. The van der Waals surface area contributed by atoms with Crippen molar-refractivity contribution in [3.8, 4) is 0 Å². The average Bonchev–Trinajstić information content (AvgIpc) is 3.23. The summed E-state index contributed by atoms with van der Waals surface area (Å²) in [5, 5.41) is 0. The van der Waals surface area contributed by atoms with Crippen LogP contribution in [0.1, 0.15) is 187 Å². The van der Waals surface area contributed by atoms with Crippen LogP contribution >= 0.6 is 7.82 Å². The van der Waals surface area contributed by atoms with Crippen molar-refractivity contribution >= 4 is 13.8 Å². The summed E-state index contributed by atoms with van der Waals surface area (Å²) < 4.78 is 34.7. The third kappa shape index (κ3) is 48.7. The maximum absolute atomic E-state index is 12.7. The molecule has 0 fully saturated rings. The number of carbonyl (C=O) groups excluding carboxylic acids is 1. The van der Waals surface area contributed by atoms with Crippen LogP contribution in [-0.2, 0) is 27.9 Å². The molecule has 0 spiro atoms. The molecule has 0 radical (unpaired) electrons. The van der Waals surface area contributed by atoms with E-state index in [1.54, 1.807) is 0 Å². The van der Waals surface area contributed by atoms with Crippen LogP contribution in [0.4, 0.5) is 0 Å². The Bertz CT molecular complexity index is 1260. The van der Waals surface area contributed by atoms with Crippen molar-refractivity contribution in [3.63, 3.8) is 0 Å². The highest BCUT2D eigenvalue weighted by atomic mass is 31.2. The molecular weight excluding hydrogens is 794 g/mol. The molecule has 0 rings (SSSR count). The number of hydrogen-bond acceptors (Lipinski definition) is 7. The molecule has 0 heterocycles. The maximum atomic E-state index is 12.7. The van der Waals surface area contributed by atoms with Gasteiger partial charge in [-0.05, 0) is 89.9 Å². The molecule has 0 saturated heterocycles. The first-order chi connectivity index (χ1) is 30.1. The summed E-state index contributed by atoms with van der Waals surface area (Å²) in [6.45, 7) is 5.23. The van der Waals surface area contributed by atoms with Gasteiger partial charge < -0.3 is 27.9 Å². The molecule has 0 bridgehead atoms. The molecule has 0 aromatic heterocycles. The molecule has 0 amide bonds. The van der Waals surface area contributed by atoms with Crippen LogP contribution in [0.5, 0.6) is 0 Å². The lowest BCUT2D eigenvalue weighted by molar-refractivity contribution is -0.870. The zero-order chi connectivity index (χ0) is 45.5. The molecule has 0 aliphatic rings. The Morgan fingerprint density at radius 1 is 0.516 bits per heavy atom. The van der Waals surface area contributed by atoms with Gasteiger partial charge in [-0.15, -0.1) is 0 Å². The van der Waals surface area contributed by atoms with Gasteiger partial charge in [-0.25, -0.2) is 0 Å². The lowest BCUT2D eigenvalue weighted by atomic mass is 10.1. The van der Waals surface area contributed by atoms with Crippen molar-refractivity contribution < 1.29 is 37.3 Å². The molecule has 0 saturated carbocycles. The van der Waals surface area contributed by atoms with E-state index in [9.17, 15) is 14.3 Å². The predicted octanol–water partition coefficient (Wildman–Crippen LogP) is 14.6. The van der Waals surface area contributed by atoms with Crippen LogP contribution in [0, 0.1) is 0 Å². The van der Waals surface area contributed by atoms with Gasteiger partial charge in [0.25, 0.3) is 7.82 Å². The third-order valence-corrected chi connectivity index (χ3v) is 11.1. The third-order valence-electron chi connectivity index (χ3n) is 10.2. The number of carbonyl (C=O) groups is 1. The van der Waals surface area contributed by atoms with E-state index in [4.69, 9.17) is 18.5 Å². The summed E-state index contributed by atoms with van der Waals surface area (Å²) in [6.07, 6.45) is 60.3. The maximum Gasteiger partial charge on any atom is 0.306 e. The first-order valence-electron chi connectivity index (χ1n) is 24.8. The molecule has 2 atom stereocenters. The van der Waals surface area contributed by atoms with Gasteiger partial charge in [-0.2, -0.15) is 0 Å². The smallest absolute Gasteiger partial charge is 0.306 e. The first kappa shape index (κ1) is 59.7. The van der Waals surface area contributed by atoms with Gasteiger partial charge in [0.05, 0.1) is 34.4 Å². The number of rotatable bonds is 45. The van der Waals surface area contributed by atoms with E-state index in [2.05, 4.69) is 98.9 Å². The fraction of sp³-hybridized carbons (Fsp3) is 0.717. The highest BCUT2D eigenvalue weighted by molar-refractivity contribution is 7.45. The van der Waals surface area contributed by atoms with E-state index in [0.29, 0.717) is 17.6 Å². The molecule has 0 aromatic carbocycles. The predicted molar refractivity (Wildman–Crippen MR) is 263 cm³/mol. The summed E-state index contributed by atoms with van der Waals surface area (Å²) in [4.78, 5) is 25.2. The van der Waals surface area contributed by atoms with Gasteiger partial charge in [0, 0.05) is 13.0 Å². The quantitative estimate of drug-likeness (QED) is 0.0198. The number of nitrogens with zero attached hydrogens (tertiary/aromatic N) is 1. The molecule has 0 aliphatic carbocycles. The highest BCUT2D eigenvalue weighted by Gasteiger charge is 2.20. The molecule has 0 aliphatic heterocycles. The number of likely N-dealkylation sites (N-methyl/N-ethyl adjacent to an activating group) is 1. The Morgan fingerprint density at radius 3 is 1.40 bits per heavy atom. The van der Waals surface area contributed by atoms with E-state index < -0.39 is 13.9 Å². The van der Waals surface area contributed by atoms with Gasteiger partial charge >= 0.3 is 5.97 Å². The zero-order valence-corrected chi connectivity index (χ0v) is 41.4. The molecule has 0 N–H and O–H groups in total. The zero-order valence-electron chi connectivity index (χ0n) is 40.5. The second-order valence-corrected chi connectivity index (χ2v) is 18.8. The van der Waals surface area contributed by atoms with Gasteiger partial charge in [-0.1, -0.05) is 176 Å². The number of esters is 1. The first-order valence-corrected chi connectivity index (χ1v) is 26.3. The van der Waals surface area contributed by atoms with Crippen molar-refractivity contribution in [1.82, 2.24) is 0 Å². The van der Waals surface area contributed by atoms with Gasteiger partial charge in [0.15, 0.2) is 0 Å². The summed E-state index contributed by atoms with van der Waals surface area (Å²) >= 11 is 0. The normalized spacial score (nSPS) is 14.4. The second-order valence-electron chi connectivity index (χ2n) is 17.4. The Morgan fingerprint density at radius 2 is 0.935 bits per heavy atom. The second kappa shape index (κ2) is 45.3. The summed E-state index contributed by atoms with van der Waals surface area (Å²) in [6, 6.07) is 0. The fourth-order valence-electron chi connectivity index (χ4n) is 6.37. The SMILES string of the molecule is CC/C=C\C/C=C\C/C=C\C/C=C\C/C=C\CCCCCCCC(=O)OC(COCCCCCCCCCC/C=C\C/C=C\CCCCCC)COP(=O)([O-])OCC[N+](C)(C)C. The molecule has 358 valence electrons. The van der Waals surface area contributed by atoms with Crippen LogP contribution in [0.25, 0.3) is 0 Å². The van der Waals surface area contributed by atoms with E-state index >= 15 is 0 Å². The summed E-state index contributed by atoms with van der Waals surface area (Å²) in [5.41, 5.74) is 0. The van der Waals surface area contributed by atoms with Crippen LogP contribution in [0.15, 0.2) is 85.1 Å². The average molecular weight is 888 g/mol. The van der Waals surface area contributed by atoms with E-state index in [-0.39, 0.29) is 32.2 Å². The minimum absolute atomic E-state index is 0.0162. The molecule has 62 heavy (non-hydrogen) atoms. The number of hydrogen-bond donors (Lipinski definition) is 0. The van der Waals surface area contributed by atoms with Gasteiger partial charge in [0.1, 0.15) is 19.3 Å². The monoisotopic (exact) mass is 888 g/mol. The summed E-state index contributed by atoms with van der Waals surface area (Å²) in [7, 11) is 1.33. The van der Waals surface area contributed by atoms with Crippen LogP contribution in [-0.4, -0.2) is 70.7 Å². The van der Waals surface area contributed by atoms with E-state index in [0.717, 1.165) is 89.9 Å². The van der Waals surface area contributed by atoms with Crippen molar-refractivity contribution in [2.45, 2.75) is 193 Å². The minimum atomic E-state index is -4.54. The van der Waals surface area contributed by atoms with E-state index in [1.165, 1.54) is 77.0 Å². The number of phosphoric acid groups is 1. The largest absolute Gasteiger partial charge is 0.756 e. The van der Waals surface area contributed by atoms with Crippen LogP contribution in [0.3, 0.4) is 0 Å². The van der Waals surface area contributed by atoms with Gasteiger partial charge in [0.2, 0.25) is 0 Å². The lowest BCUT2D eigenvalue weighted by Gasteiger charge is -2.28. The molecule has 2 unspecified atom stereocenters. The molecule has 9 heteroatoms. The minimum Gasteiger partial charge on any atom is -0.756 e. The molecule has 0 aromatic rings. The fourth-order valence-corrected chi connectivity index (χ4v) is 7.10. The molecule has 8 nitrogen and oxygen atoms in total. The number of quaternary nitrogens is 1. The lowest BCUT2D eigenvalue weighted by Crippen LogP contribution is -2.37. The topological polar surface area (TPSA) is 94.1 Å². The Labute approximate surface area is 382 Å². The number of ether oxygens (including phenoxy) is 2. The highest BCUT2D eigenvalue weighted by Crippen LogP contribution is 2.38. The Hall–Kier alpha value is -2.32. The number of unbranched alkanes of at least 4 members (excludes halogenated alkanes) is 17. The molecular formula is C53H94NO7P. The van der Waals surface area contributed by atoms with Crippen molar-refractivity contribution in [2.75, 3.05) is 54.1 Å². The van der Waals surface area contributed by atoms with Gasteiger partial charge in [-0.3, -0.25) is 9.36 Å². The van der Waals surface area contributed by atoms with Crippen LogP contribution in [0.2, 0.25) is 0 Å². The summed E-state index contributed by atoms with van der Waals surface area (Å²) in [5.74, 6) is -0.357. The van der Waals surface area contributed by atoms with Crippen molar-refractivity contribution in [2.24, 2.45) is 0 Å². The van der Waals surface area contributed by atoms with Crippen molar-refractivity contribution in [3.05, 3.63) is 85.1 Å². The van der Waals surface area contributed by atoms with E-state index in [1.807, 2.05) is 21.1 Å². The number of phosphoric ester groups is 1. The van der Waals surface area contributed by atoms with Crippen LogP contribution < -0.4 is 4.89 Å². The standard InChI is InChI=1S/C53H94NO7P/c1-6-8-10-12-14-16-18-20-22-24-26-27-28-30-32-34-36-38-40-42-44-46-53(55)61-52(51-60-62(56,57)59-49-47-54(3,4)5)50-58-48-45-43-41-39-37-35-33-31-29-25-23-21-19-17-15-13-11-9-7-2/h8,10,14,16-17,19-20,22-23,25-27,30,32,52H,6-7,9,11-13,15,18,21,24,28-29,31,33-51H2,1-5H3/b10-8-,16-14-,19-17-,22-20-,25-23-,27-26-,32-30-. The number of allylic oxidation sites excluding steroid dienone is 14. The Balaban J connectivity index is 4.25. The van der Waals surface area contributed by atoms with Crippen molar-refractivity contribution in [1.29, 1.82) is 0 Å².